The van der Waals surface area contributed by atoms with Crippen molar-refractivity contribution < 1.29 is 9.53 Å². The molecule has 4 nitrogen and oxygen atoms in total. The van der Waals surface area contributed by atoms with Crippen LogP contribution < -0.4 is 15.4 Å². The number of nitrogens with zero attached hydrogens (tertiary/aromatic N) is 1. The quantitative estimate of drug-likeness (QED) is 0.878. The lowest BCUT2D eigenvalue weighted by Crippen LogP contribution is -2.47. The molecule has 2 aromatic rings. The summed E-state index contributed by atoms with van der Waals surface area (Å²) in [5, 5.41) is 0. The van der Waals surface area contributed by atoms with E-state index in [1.807, 2.05) is 30.3 Å². The minimum absolute atomic E-state index is 0.120. The molecule has 0 aromatic heterocycles. The molecule has 2 aromatic carbocycles. The fraction of sp³-hybridized carbons (Fsp3) is 0.235. The van der Waals surface area contributed by atoms with Gasteiger partial charge >= 0.3 is 0 Å². The normalized spacial score (nSPS) is 11.0. The van der Waals surface area contributed by atoms with Crippen LogP contribution >= 0.6 is 0 Å². The molecule has 0 saturated carbocycles. The third kappa shape index (κ3) is 3.54. The number of para-hydroxylation sites is 1. The van der Waals surface area contributed by atoms with Crippen LogP contribution in [0.4, 0.5) is 11.4 Å². The second-order valence-corrected chi connectivity index (χ2v) is 5.38. The Hall–Kier alpha value is -2.49. The zero-order valence-electron chi connectivity index (χ0n) is 12.5. The van der Waals surface area contributed by atoms with Gasteiger partial charge in [-0.2, -0.15) is 0 Å². The average molecular weight is 284 g/mol. The second-order valence-electron chi connectivity index (χ2n) is 5.38. The molecule has 2 N–H and O–H groups in total. The number of amides is 1. The Morgan fingerprint density at radius 1 is 1.05 bits per heavy atom. The lowest BCUT2D eigenvalue weighted by molar-refractivity contribution is -0.131. The number of carbonyl (C=O) groups is 1. The van der Waals surface area contributed by atoms with E-state index in [4.69, 9.17) is 10.5 Å². The number of anilines is 2. The molecule has 0 aliphatic heterocycles. The van der Waals surface area contributed by atoms with Crippen molar-refractivity contribution in [2.45, 2.75) is 19.4 Å². The molecular weight excluding hydrogens is 264 g/mol. The minimum atomic E-state index is -0.972. The summed E-state index contributed by atoms with van der Waals surface area (Å²) < 4.78 is 5.81. The van der Waals surface area contributed by atoms with E-state index in [0.29, 0.717) is 11.4 Å². The molecule has 0 bridgehead atoms. The summed E-state index contributed by atoms with van der Waals surface area (Å²) >= 11 is 0. The van der Waals surface area contributed by atoms with E-state index in [2.05, 4.69) is 0 Å². The number of rotatable bonds is 4. The summed E-state index contributed by atoms with van der Waals surface area (Å²) in [6.07, 6.45) is 0. The second kappa shape index (κ2) is 5.87. The molecule has 0 saturated heterocycles. The first-order chi connectivity index (χ1) is 9.90. The summed E-state index contributed by atoms with van der Waals surface area (Å²) in [6.45, 7) is 3.51. The lowest BCUT2D eigenvalue weighted by atomic mass is 10.1. The van der Waals surface area contributed by atoms with Gasteiger partial charge in [0.25, 0.3) is 5.91 Å². The molecule has 1 amide bonds. The standard InChI is InChI=1S/C17H20N2O2/c1-17(2,21-15-11-9-13(18)10-12-15)16(20)19(3)14-7-5-4-6-8-14/h4-12H,18H2,1-3H3. The van der Waals surface area contributed by atoms with Crippen molar-refractivity contribution in [3.05, 3.63) is 54.6 Å². The van der Waals surface area contributed by atoms with Crippen LogP contribution in [0.2, 0.25) is 0 Å². The Bertz CT molecular complexity index is 606. The van der Waals surface area contributed by atoms with Crippen LogP contribution in [0.5, 0.6) is 5.75 Å². The molecule has 4 heteroatoms. The molecule has 21 heavy (non-hydrogen) atoms. The van der Waals surface area contributed by atoms with Crippen molar-refractivity contribution in [2.75, 3.05) is 17.7 Å². The number of benzene rings is 2. The van der Waals surface area contributed by atoms with Crippen molar-refractivity contribution >= 4 is 17.3 Å². The minimum Gasteiger partial charge on any atom is -0.478 e. The highest BCUT2D eigenvalue weighted by molar-refractivity contribution is 5.98. The van der Waals surface area contributed by atoms with E-state index in [1.54, 1.807) is 50.1 Å². The van der Waals surface area contributed by atoms with Crippen LogP contribution in [0.15, 0.2) is 54.6 Å². The average Bonchev–Trinajstić information content (AvgIpc) is 2.49. The van der Waals surface area contributed by atoms with Crippen LogP contribution in [0.25, 0.3) is 0 Å². The number of ether oxygens (including phenoxy) is 1. The van der Waals surface area contributed by atoms with Crippen molar-refractivity contribution in [2.24, 2.45) is 0 Å². The van der Waals surface area contributed by atoms with E-state index >= 15 is 0 Å². The third-order valence-corrected chi connectivity index (χ3v) is 3.22. The largest absolute Gasteiger partial charge is 0.478 e. The van der Waals surface area contributed by atoms with E-state index in [0.717, 1.165) is 5.69 Å². The highest BCUT2D eigenvalue weighted by Gasteiger charge is 2.33. The van der Waals surface area contributed by atoms with E-state index in [9.17, 15) is 4.79 Å². The molecule has 0 radical (unpaired) electrons. The number of carbonyl (C=O) groups excluding carboxylic acids is 1. The van der Waals surface area contributed by atoms with Gasteiger partial charge in [0.15, 0.2) is 5.60 Å². The lowest BCUT2D eigenvalue weighted by Gasteiger charge is -2.30. The number of nitrogen functional groups attached to an aromatic ring is 1. The zero-order valence-corrected chi connectivity index (χ0v) is 12.5. The van der Waals surface area contributed by atoms with Gasteiger partial charge in [0, 0.05) is 18.4 Å². The van der Waals surface area contributed by atoms with E-state index < -0.39 is 5.60 Å². The molecule has 0 aliphatic rings. The maximum Gasteiger partial charge on any atom is 0.270 e. The van der Waals surface area contributed by atoms with E-state index in [-0.39, 0.29) is 5.91 Å². The number of hydrogen-bond acceptors (Lipinski definition) is 3. The summed E-state index contributed by atoms with van der Waals surface area (Å²) in [7, 11) is 1.74. The number of hydrogen-bond donors (Lipinski definition) is 1. The van der Waals surface area contributed by atoms with Crippen LogP contribution in [-0.2, 0) is 4.79 Å². The predicted octanol–water partition coefficient (Wildman–Crippen LogP) is 3.09. The summed E-state index contributed by atoms with van der Waals surface area (Å²) in [5.74, 6) is 0.495. The van der Waals surface area contributed by atoms with Gasteiger partial charge in [-0.25, -0.2) is 0 Å². The van der Waals surface area contributed by atoms with Gasteiger partial charge in [0.1, 0.15) is 5.75 Å². The van der Waals surface area contributed by atoms with Crippen LogP contribution in [0.1, 0.15) is 13.8 Å². The SMILES string of the molecule is CN(C(=O)C(C)(C)Oc1ccc(N)cc1)c1ccccc1. The van der Waals surface area contributed by atoms with Gasteiger partial charge in [0.05, 0.1) is 0 Å². The maximum atomic E-state index is 12.6. The number of nitrogens with two attached hydrogens (primary N) is 1. The summed E-state index contributed by atoms with van der Waals surface area (Å²) in [5.41, 5.74) is 6.16. The van der Waals surface area contributed by atoms with Gasteiger partial charge < -0.3 is 15.4 Å². The first-order valence-electron chi connectivity index (χ1n) is 6.78. The third-order valence-electron chi connectivity index (χ3n) is 3.22. The molecule has 0 heterocycles. The number of likely N-dealkylation sites (N-methyl/N-ethyl adjacent to an activating group) is 1. The fourth-order valence-electron chi connectivity index (χ4n) is 2.05. The monoisotopic (exact) mass is 284 g/mol. The smallest absolute Gasteiger partial charge is 0.270 e. The van der Waals surface area contributed by atoms with Gasteiger partial charge in [-0.3, -0.25) is 4.79 Å². The van der Waals surface area contributed by atoms with Crippen LogP contribution in [-0.4, -0.2) is 18.6 Å². The Labute approximate surface area is 125 Å². The summed E-state index contributed by atoms with van der Waals surface area (Å²) in [6, 6.07) is 16.5. The van der Waals surface area contributed by atoms with Crippen LogP contribution in [0, 0.1) is 0 Å². The first-order valence-corrected chi connectivity index (χ1v) is 6.78. The Balaban J connectivity index is 2.14. The van der Waals surface area contributed by atoms with Gasteiger partial charge in [-0.1, -0.05) is 18.2 Å². The van der Waals surface area contributed by atoms with Gasteiger partial charge in [-0.05, 0) is 50.2 Å². The summed E-state index contributed by atoms with van der Waals surface area (Å²) in [4.78, 5) is 14.2. The Morgan fingerprint density at radius 3 is 2.19 bits per heavy atom. The van der Waals surface area contributed by atoms with Crippen molar-refractivity contribution in [3.63, 3.8) is 0 Å². The topological polar surface area (TPSA) is 55.6 Å². The fourth-order valence-corrected chi connectivity index (χ4v) is 2.05. The predicted molar refractivity (Wildman–Crippen MR) is 85.4 cm³/mol. The van der Waals surface area contributed by atoms with E-state index in [1.165, 1.54) is 0 Å². The molecular formula is C17H20N2O2. The Morgan fingerprint density at radius 2 is 1.62 bits per heavy atom. The molecule has 0 spiro atoms. The molecule has 0 fully saturated rings. The maximum absolute atomic E-state index is 12.6. The van der Waals surface area contributed by atoms with Gasteiger partial charge in [-0.15, -0.1) is 0 Å². The first kappa shape index (κ1) is 14.9. The zero-order chi connectivity index (χ0) is 15.5. The highest BCUT2D eigenvalue weighted by atomic mass is 16.5. The molecule has 0 atom stereocenters. The van der Waals surface area contributed by atoms with Crippen LogP contribution in [0.3, 0.4) is 0 Å². The highest BCUT2D eigenvalue weighted by Crippen LogP contribution is 2.23. The van der Waals surface area contributed by atoms with Crippen molar-refractivity contribution in [3.8, 4) is 5.75 Å². The molecule has 2 rings (SSSR count). The van der Waals surface area contributed by atoms with Crippen molar-refractivity contribution in [1.82, 2.24) is 0 Å². The molecule has 0 aliphatic carbocycles. The molecule has 110 valence electrons. The molecule has 0 unspecified atom stereocenters. The Kier molecular flexibility index (Phi) is 4.17. The van der Waals surface area contributed by atoms with Gasteiger partial charge in [0.2, 0.25) is 0 Å². The van der Waals surface area contributed by atoms with Crippen molar-refractivity contribution in [1.29, 1.82) is 0 Å².